The van der Waals surface area contributed by atoms with Crippen molar-refractivity contribution in [3.8, 4) is 17.2 Å². The molecule has 3 aromatic carbocycles. The van der Waals surface area contributed by atoms with Crippen molar-refractivity contribution < 1.29 is 23.5 Å². The first-order valence-corrected chi connectivity index (χ1v) is 13.6. The lowest BCUT2D eigenvalue weighted by atomic mass is 10.1. The third-order valence-corrected chi connectivity index (χ3v) is 6.52. The summed E-state index contributed by atoms with van der Waals surface area (Å²) in [6.45, 7) is 0.274. The lowest BCUT2D eigenvalue weighted by Crippen LogP contribution is -2.35. The molecule has 9 nitrogen and oxygen atoms in total. The molecule has 0 spiro atoms. The molecule has 2 amide bonds. The van der Waals surface area contributed by atoms with Crippen LogP contribution in [0.5, 0.6) is 17.2 Å². The molecule has 0 aliphatic carbocycles. The number of halogens is 1. The molecule has 216 valence electrons. The number of pyridine rings is 2. The molecule has 5 rings (SSSR count). The molecule has 11 heteroatoms. The van der Waals surface area contributed by atoms with Crippen LogP contribution in [-0.4, -0.2) is 34.0 Å². The highest BCUT2D eigenvalue weighted by atomic mass is 32.1. The van der Waals surface area contributed by atoms with Crippen LogP contribution in [0.15, 0.2) is 97.5 Å². The maximum Gasteiger partial charge on any atom is 0.255 e. The predicted molar refractivity (Wildman–Crippen MR) is 165 cm³/mol. The summed E-state index contributed by atoms with van der Waals surface area (Å²) in [4.78, 5) is 33.8. The van der Waals surface area contributed by atoms with E-state index in [-0.39, 0.29) is 47.0 Å². The van der Waals surface area contributed by atoms with Crippen molar-refractivity contribution in [2.24, 2.45) is 0 Å². The Morgan fingerprint density at radius 1 is 0.907 bits per heavy atom. The predicted octanol–water partition coefficient (Wildman–Crippen LogP) is 5.56. The van der Waals surface area contributed by atoms with Crippen molar-refractivity contribution >= 4 is 45.7 Å². The molecule has 43 heavy (non-hydrogen) atoms. The number of anilines is 1. The molecule has 0 bridgehead atoms. The fourth-order valence-electron chi connectivity index (χ4n) is 4.26. The molecule has 2 heterocycles. The molecule has 3 N–H and O–H groups in total. The van der Waals surface area contributed by atoms with Gasteiger partial charge in [0, 0.05) is 48.3 Å². The zero-order chi connectivity index (χ0) is 30.2. The third-order valence-electron chi connectivity index (χ3n) is 6.31. The van der Waals surface area contributed by atoms with E-state index in [0.717, 1.165) is 11.1 Å². The molecular formula is C32H26FN5O4S. The number of carbonyl (C=O) groups is 2. The number of benzene rings is 3. The van der Waals surface area contributed by atoms with Crippen molar-refractivity contribution in [2.45, 2.75) is 13.0 Å². The van der Waals surface area contributed by atoms with E-state index in [0.29, 0.717) is 22.3 Å². The first-order chi connectivity index (χ1) is 20.9. The van der Waals surface area contributed by atoms with Crippen molar-refractivity contribution in [1.29, 1.82) is 0 Å². The third kappa shape index (κ3) is 7.46. The quantitative estimate of drug-likeness (QED) is 0.190. The van der Waals surface area contributed by atoms with Gasteiger partial charge in [-0.15, -0.1) is 0 Å². The van der Waals surface area contributed by atoms with Gasteiger partial charge in [-0.1, -0.05) is 36.4 Å². The van der Waals surface area contributed by atoms with E-state index in [1.165, 1.54) is 25.4 Å². The van der Waals surface area contributed by atoms with Crippen molar-refractivity contribution in [2.75, 3.05) is 12.4 Å². The Balaban J connectivity index is 1.29. The molecule has 5 aromatic rings. The molecule has 0 unspecified atom stereocenters. The van der Waals surface area contributed by atoms with E-state index in [1.54, 1.807) is 42.7 Å². The Kier molecular flexibility index (Phi) is 9.13. The Labute approximate surface area is 252 Å². The minimum absolute atomic E-state index is 0.0393. The van der Waals surface area contributed by atoms with Gasteiger partial charge in [-0.25, -0.2) is 4.39 Å². The van der Waals surface area contributed by atoms with Crippen LogP contribution >= 0.6 is 12.2 Å². The smallest absolute Gasteiger partial charge is 0.255 e. The zero-order valence-electron chi connectivity index (χ0n) is 23.0. The average Bonchev–Trinajstić information content (AvgIpc) is 3.01. The minimum atomic E-state index is -0.670. The second-order valence-electron chi connectivity index (χ2n) is 9.33. The number of thiocarbonyl (C=S) groups is 1. The number of amides is 2. The summed E-state index contributed by atoms with van der Waals surface area (Å²) in [6, 6.07) is 21.9. The Morgan fingerprint density at radius 2 is 1.72 bits per heavy atom. The van der Waals surface area contributed by atoms with E-state index in [1.807, 2.05) is 36.4 Å². The fourth-order valence-corrected chi connectivity index (χ4v) is 4.49. The summed E-state index contributed by atoms with van der Waals surface area (Å²) in [6.07, 6.45) is 4.99. The molecule has 0 aliphatic rings. The number of hydrogen-bond acceptors (Lipinski definition) is 7. The lowest BCUT2D eigenvalue weighted by Gasteiger charge is -2.14. The average molecular weight is 596 g/mol. The largest absolute Gasteiger partial charge is 0.496 e. The normalized spacial score (nSPS) is 10.6. The van der Waals surface area contributed by atoms with Crippen LogP contribution in [0.1, 0.15) is 21.5 Å². The van der Waals surface area contributed by atoms with Crippen LogP contribution in [0, 0.1) is 5.82 Å². The first-order valence-electron chi connectivity index (χ1n) is 13.2. The number of nitrogens with zero attached hydrogens (tertiary/aromatic N) is 2. The maximum absolute atomic E-state index is 15.1. The monoisotopic (exact) mass is 595 g/mol. The summed E-state index contributed by atoms with van der Waals surface area (Å²) in [5.41, 5.74) is 2.76. The van der Waals surface area contributed by atoms with Gasteiger partial charge in [0.25, 0.3) is 5.91 Å². The number of aromatic nitrogens is 2. The van der Waals surface area contributed by atoms with Crippen molar-refractivity contribution in [3.05, 3.63) is 120 Å². The van der Waals surface area contributed by atoms with Gasteiger partial charge in [-0.05, 0) is 53.7 Å². The van der Waals surface area contributed by atoms with Gasteiger partial charge in [0.1, 0.15) is 11.5 Å². The van der Waals surface area contributed by atoms with Crippen molar-refractivity contribution in [1.82, 2.24) is 20.6 Å². The Hall–Kier alpha value is -5.42. The summed E-state index contributed by atoms with van der Waals surface area (Å²) in [5.74, 6) is -0.778. The lowest BCUT2D eigenvalue weighted by molar-refractivity contribution is -0.119. The van der Waals surface area contributed by atoms with Crippen LogP contribution in [0.2, 0.25) is 0 Å². The van der Waals surface area contributed by atoms with Gasteiger partial charge in [-0.2, -0.15) is 0 Å². The van der Waals surface area contributed by atoms with Crippen LogP contribution in [0.4, 0.5) is 10.1 Å². The van der Waals surface area contributed by atoms with E-state index >= 15 is 4.39 Å². The number of fused-ring (bicyclic) bond motifs is 1. The van der Waals surface area contributed by atoms with Crippen molar-refractivity contribution in [3.63, 3.8) is 0 Å². The number of rotatable bonds is 9. The second-order valence-corrected chi connectivity index (χ2v) is 9.74. The van der Waals surface area contributed by atoms with E-state index in [4.69, 9.17) is 21.7 Å². The Morgan fingerprint density at radius 3 is 2.47 bits per heavy atom. The maximum atomic E-state index is 15.1. The summed E-state index contributed by atoms with van der Waals surface area (Å²) < 4.78 is 26.5. The summed E-state index contributed by atoms with van der Waals surface area (Å²) in [7, 11) is 1.46. The minimum Gasteiger partial charge on any atom is -0.496 e. The Bertz CT molecular complexity index is 1790. The van der Waals surface area contributed by atoms with Gasteiger partial charge in [0.2, 0.25) is 5.91 Å². The van der Waals surface area contributed by atoms with Crippen LogP contribution in [0.3, 0.4) is 0 Å². The first kappa shape index (κ1) is 29.1. The fraction of sp³-hybridized carbons (Fsp3) is 0.0938. The highest BCUT2D eigenvalue weighted by molar-refractivity contribution is 7.80. The summed E-state index contributed by atoms with van der Waals surface area (Å²) in [5, 5.41) is 8.77. The van der Waals surface area contributed by atoms with Gasteiger partial charge < -0.3 is 25.4 Å². The van der Waals surface area contributed by atoms with E-state index in [9.17, 15) is 9.59 Å². The second kappa shape index (κ2) is 13.5. The van der Waals surface area contributed by atoms with E-state index < -0.39 is 5.82 Å². The molecular weight excluding hydrogens is 569 g/mol. The number of hydrogen-bond donors (Lipinski definition) is 3. The number of ether oxygens (including phenoxy) is 2. The van der Waals surface area contributed by atoms with Gasteiger partial charge in [0.05, 0.1) is 24.6 Å². The molecule has 0 saturated carbocycles. The zero-order valence-corrected chi connectivity index (χ0v) is 23.8. The van der Waals surface area contributed by atoms with Crippen LogP contribution in [0.25, 0.3) is 10.9 Å². The highest BCUT2D eigenvalue weighted by Gasteiger charge is 2.18. The SMILES string of the molecule is COc1cc2nccc(Oc3ccc(NC(=S)NC(=O)Cc4ccccc4)cc3F)c2cc1C(=O)NCc1cccnc1. The highest BCUT2D eigenvalue weighted by Crippen LogP contribution is 2.34. The molecule has 2 aromatic heterocycles. The topological polar surface area (TPSA) is 114 Å². The van der Waals surface area contributed by atoms with Crippen LogP contribution in [-0.2, 0) is 17.8 Å². The van der Waals surface area contributed by atoms with Gasteiger partial charge in [-0.3, -0.25) is 19.6 Å². The number of nitrogens with one attached hydrogen (secondary N) is 3. The molecule has 0 aliphatic heterocycles. The molecule has 0 saturated heterocycles. The number of methoxy groups -OCH3 is 1. The molecule has 0 atom stereocenters. The van der Waals surface area contributed by atoms with Gasteiger partial charge in [0.15, 0.2) is 16.7 Å². The standard InChI is InChI=1S/C32H26FN5O4S/c1-41-29-17-26-23(16-24(29)31(40)36-19-21-8-5-12-34-18-21)27(11-13-35-26)42-28-10-9-22(15-25(28)33)37-32(43)38-30(39)14-20-6-3-2-4-7-20/h2-13,15-18H,14,19H2,1H3,(H,36,40)(H2,37,38,39,43). The van der Waals surface area contributed by atoms with Crippen LogP contribution < -0.4 is 25.4 Å². The van der Waals surface area contributed by atoms with E-state index in [2.05, 4.69) is 25.9 Å². The van der Waals surface area contributed by atoms with Gasteiger partial charge >= 0.3 is 0 Å². The number of carbonyl (C=O) groups excluding carboxylic acids is 2. The summed E-state index contributed by atoms with van der Waals surface area (Å²) >= 11 is 5.21. The molecule has 0 radical (unpaired) electrons. The molecule has 0 fully saturated rings.